The number of hydrogen-bond acceptors (Lipinski definition) is 2. The number of aryl methyl sites for hydroxylation is 2. The number of alkyl halides is 3. The highest BCUT2D eigenvalue weighted by Gasteiger charge is 2.33. The fourth-order valence-corrected chi connectivity index (χ4v) is 3.74. The van der Waals surface area contributed by atoms with E-state index in [9.17, 15) is 18.0 Å². The molecule has 0 spiro atoms. The number of H-pyrrole nitrogens is 2. The Bertz CT molecular complexity index is 1140. The molecule has 2 heterocycles. The van der Waals surface area contributed by atoms with Crippen molar-refractivity contribution in [3.8, 4) is 22.5 Å². The number of pyridine rings is 1. The van der Waals surface area contributed by atoms with Gasteiger partial charge < -0.3 is 4.98 Å². The van der Waals surface area contributed by atoms with E-state index < -0.39 is 17.3 Å². The van der Waals surface area contributed by atoms with E-state index in [1.807, 2.05) is 18.1 Å². The summed E-state index contributed by atoms with van der Waals surface area (Å²) in [7, 11) is 0. The summed E-state index contributed by atoms with van der Waals surface area (Å²) in [4.78, 5) is 15.8. The van der Waals surface area contributed by atoms with Gasteiger partial charge in [-0.25, -0.2) is 0 Å². The molecule has 0 aliphatic rings. The molecule has 0 atom stereocenters. The third-order valence-corrected chi connectivity index (χ3v) is 5.08. The predicted octanol–water partition coefficient (Wildman–Crippen LogP) is 6.02. The Hall–Kier alpha value is -2.54. The van der Waals surface area contributed by atoms with Crippen molar-refractivity contribution in [3.63, 3.8) is 0 Å². The minimum absolute atomic E-state index is 0.0551. The molecule has 4 nitrogen and oxygen atoms in total. The Morgan fingerprint density at radius 3 is 2.21 bits per heavy atom. The molecule has 8 heteroatoms. The van der Waals surface area contributed by atoms with Gasteiger partial charge in [-0.1, -0.05) is 38.4 Å². The number of aromatic nitrogens is 3. The molecule has 0 saturated carbocycles. The van der Waals surface area contributed by atoms with Crippen LogP contribution in [-0.4, -0.2) is 15.2 Å². The van der Waals surface area contributed by atoms with Gasteiger partial charge in [-0.05, 0) is 42.5 Å². The zero-order valence-electron chi connectivity index (χ0n) is 16.7. The van der Waals surface area contributed by atoms with Crippen molar-refractivity contribution in [2.24, 2.45) is 0 Å². The van der Waals surface area contributed by atoms with Crippen LogP contribution in [0.3, 0.4) is 0 Å². The molecule has 3 rings (SSSR count). The first-order valence-corrected chi connectivity index (χ1v) is 9.34. The summed E-state index contributed by atoms with van der Waals surface area (Å²) >= 11 is 6.48. The van der Waals surface area contributed by atoms with Gasteiger partial charge in [-0.3, -0.25) is 9.89 Å². The lowest BCUT2D eigenvalue weighted by Gasteiger charge is -2.22. The van der Waals surface area contributed by atoms with Gasteiger partial charge in [-0.15, -0.1) is 0 Å². The molecule has 1 aromatic carbocycles. The Balaban J connectivity index is 2.10. The zero-order chi connectivity index (χ0) is 21.7. The first kappa shape index (κ1) is 21.2. The van der Waals surface area contributed by atoms with Crippen LogP contribution in [0.2, 0.25) is 5.02 Å². The van der Waals surface area contributed by atoms with Gasteiger partial charge >= 0.3 is 6.18 Å². The molecule has 29 heavy (non-hydrogen) atoms. The van der Waals surface area contributed by atoms with Crippen molar-refractivity contribution in [3.05, 3.63) is 62.0 Å². The average molecular weight is 424 g/mol. The van der Waals surface area contributed by atoms with Crippen molar-refractivity contribution < 1.29 is 13.2 Å². The van der Waals surface area contributed by atoms with Crippen molar-refractivity contribution in [1.29, 1.82) is 0 Å². The van der Waals surface area contributed by atoms with Crippen LogP contribution in [0.5, 0.6) is 0 Å². The minimum Gasteiger partial charge on any atom is -0.358 e. The maximum atomic E-state index is 12.8. The zero-order valence-corrected chi connectivity index (χ0v) is 17.4. The molecule has 3 aromatic rings. The second kappa shape index (κ2) is 7.06. The lowest BCUT2D eigenvalue weighted by Crippen LogP contribution is -2.13. The number of hydrogen-bond donors (Lipinski definition) is 2. The van der Waals surface area contributed by atoms with Gasteiger partial charge in [0.05, 0.1) is 11.3 Å². The highest BCUT2D eigenvalue weighted by Crippen LogP contribution is 2.35. The molecule has 0 unspecified atom stereocenters. The van der Waals surface area contributed by atoms with Gasteiger partial charge in [0.15, 0.2) is 5.43 Å². The van der Waals surface area contributed by atoms with Crippen molar-refractivity contribution in [2.75, 3.05) is 0 Å². The Morgan fingerprint density at radius 2 is 1.69 bits per heavy atom. The van der Waals surface area contributed by atoms with Crippen LogP contribution >= 0.6 is 11.6 Å². The topological polar surface area (TPSA) is 61.5 Å². The molecule has 0 aliphatic carbocycles. The normalized spacial score (nSPS) is 12.4. The molecule has 0 aliphatic heterocycles. The summed E-state index contributed by atoms with van der Waals surface area (Å²) in [5.41, 5.74) is 2.12. The lowest BCUT2D eigenvalue weighted by molar-refractivity contribution is -0.141. The van der Waals surface area contributed by atoms with Crippen LogP contribution < -0.4 is 5.43 Å². The Kier molecular flexibility index (Phi) is 5.15. The highest BCUT2D eigenvalue weighted by atomic mass is 35.5. The summed E-state index contributed by atoms with van der Waals surface area (Å²) in [5.74, 6) is 0. The molecular formula is C21H21ClF3N3O. The van der Waals surface area contributed by atoms with Gasteiger partial charge in [0.2, 0.25) is 0 Å². The molecule has 2 N–H and O–H groups in total. The van der Waals surface area contributed by atoms with E-state index in [1.165, 1.54) is 6.07 Å². The van der Waals surface area contributed by atoms with Crippen LogP contribution in [0.15, 0.2) is 29.1 Å². The standard InChI is InChI=1S/C21H21ClF3N3O/c1-10-6-13(20(3,4)5)14(22)7-12(10)15-8-17(29)19(11(2)26-15)16-9-18(28-27-16)21(23,24)25/h6-9H,1-5H3,(H,26,29)(H,27,28). The molecule has 2 aromatic heterocycles. The van der Waals surface area contributed by atoms with Gasteiger partial charge in [0.25, 0.3) is 0 Å². The van der Waals surface area contributed by atoms with E-state index in [0.717, 1.165) is 22.8 Å². The van der Waals surface area contributed by atoms with Gasteiger partial charge in [-0.2, -0.15) is 18.3 Å². The molecular weight excluding hydrogens is 403 g/mol. The molecule has 0 amide bonds. The maximum absolute atomic E-state index is 12.8. The quantitative estimate of drug-likeness (QED) is 0.529. The van der Waals surface area contributed by atoms with Crippen LogP contribution in [0.1, 0.15) is 43.3 Å². The van der Waals surface area contributed by atoms with E-state index in [2.05, 4.69) is 30.9 Å². The summed E-state index contributed by atoms with van der Waals surface area (Å²) in [6.45, 7) is 9.74. The van der Waals surface area contributed by atoms with E-state index in [1.54, 1.807) is 13.0 Å². The second-order valence-electron chi connectivity index (χ2n) is 8.11. The number of benzene rings is 1. The van der Waals surface area contributed by atoms with Crippen LogP contribution in [0.25, 0.3) is 22.5 Å². The number of rotatable bonds is 2. The van der Waals surface area contributed by atoms with E-state index in [4.69, 9.17) is 11.6 Å². The molecule has 0 radical (unpaired) electrons. The molecule has 0 bridgehead atoms. The summed E-state index contributed by atoms with van der Waals surface area (Å²) in [5, 5.41) is 6.18. The maximum Gasteiger partial charge on any atom is 0.432 e. The van der Waals surface area contributed by atoms with Crippen LogP contribution in [0, 0.1) is 13.8 Å². The highest BCUT2D eigenvalue weighted by molar-refractivity contribution is 6.31. The van der Waals surface area contributed by atoms with E-state index in [-0.39, 0.29) is 16.7 Å². The fraction of sp³-hybridized carbons (Fsp3) is 0.333. The van der Waals surface area contributed by atoms with Gasteiger partial charge in [0.1, 0.15) is 5.69 Å². The summed E-state index contributed by atoms with van der Waals surface area (Å²) in [6.07, 6.45) is -4.56. The number of aromatic amines is 2. The predicted molar refractivity (Wildman–Crippen MR) is 108 cm³/mol. The first-order chi connectivity index (χ1) is 13.3. The Morgan fingerprint density at radius 1 is 1.03 bits per heavy atom. The molecule has 0 fully saturated rings. The van der Waals surface area contributed by atoms with Crippen molar-refractivity contribution >= 4 is 11.6 Å². The van der Waals surface area contributed by atoms with Gasteiger partial charge in [0, 0.05) is 28.0 Å². The number of nitrogens with zero attached hydrogens (tertiary/aromatic N) is 1. The van der Waals surface area contributed by atoms with Crippen LogP contribution in [0.4, 0.5) is 13.2 Å². The monoisotopic (exact) mass is 423 g/mol. The minimum atomic E-state index is -4.56. The van der Waals surface area contributed by atoms with Crippen molar-refractivity contribution in [2.45, 2.75) is 46.2 Å². The molecule has 0 saturated heterocycles. The average Bonchev–Trinajstić information content (AvgIpc) is 3.04. The largest absolute Gasteiger partial charge is 0.432 e. The first-order valence-electron chi connectivity index (χ1n) is 8.97. The lowest BCUT2D eigenvalue weighted by atomic mass is 9.85. The Labute approximate surface area is 171 Å². The number of nitrogens with one attached hydrogen (secondary N) is 2. The van der Waals surface area contributed by atoms with Crippen LogP contribution in [-0.2, 0) is 11.6 Å². The smallest absolute Gasteiger partial charge is 0.358 e. The van der Waals surface area contributed by atoms with E-state index >= 15 is 0 Å². The summed E-state index contributed by atoms with van der Waals surface area (Å²) < 4.78 is 38.5. The third-order valence-electron chi connectivity index (χ3n) is 4.77. The van der Waals surface area contributed by atoms with E-state index in [0.29, 0.717) is 16.4 Å². The second-order valence-corrected chi connectivity index (χ2v) is 8.52. The SMILES string of the molecule is Cc1cc(C(C)(C)C)c(Cl)cc1-c1cc(=O)c(-c2cc(C(F)(F)F)[nH]n2)c(C)[nH]1. The number of halogens is 4. The van der Waals surface area contributed by atoms with Crippen molar-refractivity contribution in [1.82, 2.24) is 15.2 Å². The fourth-order valence-electron chi connectivity index (χ4n) is 3.29. The summed E-state index contributed by atoms with van der Waals surface area (Å²) in [6, 6.07) is 5.98. The molecule has 154 valence electrons. The third kappa shape index (κ3) is 4.10.